The van der Waals surface area contributed by atoms with Crippen molar-refractivity contribution in [1.29, 1.82) is 0 Å². The summed E-state index contributed by atoms with van der Waals surface area (Å²) < 4.78 is 4.77. The molecular formula is C16H19NO3S. The van der Waals surface area contributed by atoms with Gasteiger partial charge in [0.25, 0.3) is 0 Å². The van der Waals surface area contributed by atoms with E-state index < -0.39 is 0 Å². The fourth-order valence-electron chi connectivity index (χ4n) is 2.17. The molecule has 4 nitrogen and oxygen atoms in total. The third kappa shape index (κ3) is 4.31. The number of phenols is 1. The van der Waals surface area contributed by atoms with E-state index in [-0.39, 0.29) is 30.2 Å². The average molecular weight is 305 g/mol. The lowest BCUT2D eigenvalue weighted by molar-refractivity contribution is -0.141. The summed E-state index contributed by atoms with van der Waals surface area (Å²) in [5.41, 5.74) is 0.974. The van der Waals surface area contributed by atoms with Gasteiger partial charge in [0.2, 0.25) is 0 Å². The number of hydrogen-bond acceptors (Lipinski definition) is 5. The molecule has 0 fully saturated rings. The standard InChI is InChI=1S/C16H19NO3S/c1-11(12-5-3-6-13(18)9-12)17-14(10-16(19)20-2)15-7-4-8-21-15/h3-9,11,14,17-18H,10H2,1-2H3. The molecule has 0 aliphatic carbocycles. The number of esters is 1. The van der Waals surface area contributed by atoms with Crippen LogP contribution in [0.15, 0.2) is 41.8 Å². The predicted octanol–water partition coefficient (Wildman–Crippen LogP) is 3.41. The van der Waals surface area contributed by atoms with Crippen LogP contribution in [0, 0.1) is 0 Å². The summed E-state index contributed by atoms with van der Waals surface area (Å²) in [5, 5.41) is 15.0. The summed E-state index contributed by atoms with van der Waals surface area (Å²) in [4.78, 5) is 12.7. The molecule has 2 aromatic rings. The maximum absolute atomic E-state index is 11.6. The summed E-state index contributed by atoms with van der Waals surface area (Å²) in [6.07, 6.45) is 0.278. The average Bonchev–Trinajstić information content (AvgIpc) is 3.00. The molecule has 2 unspecified atom stereocenters. The van der Waals surface area contributed by atoms with Crippen molar-refractivity contribution >= 4 is 17.3 Å². The Kier molecular flexibility index (Phi) is 5.36. The maximum atomic E-state index is 11.6. The van der Waals surface area contributed by atoms with Gasteiger partial charge in [-0.15, -0.1) is 11.3 Å². The zero-order valence-electron chi connectivity index (χ0n) is 12.1. The number of aromatic hydroxyl groups is 1. The molecule has 112 valence electrons. The predicted molar refractivity (Wildman–Crippen MR) is 83.4 cm³/mol. The molecule has 0 bridgehead atoms. The van der Waals surface area contributed by atoms with E-state index in [4.69, 9.17) is 4.74 Å². The van der Waals surface area contributed by atoms with Crippen LogP contribution >= 0.6 is 11.3 Å². The van der Waals surface area contributed by atoms with Crippen LogP contribution in [0.25, 0.3) is 0 Å². The molecule has 0 amide bonds. The number of rotatable bonds is 6. The van der Waals surface area contributed by atoms with Crippen molar-refractivity contribution in [3.8, 4) is 5.75 Å². The second kappa shape index (κ2) is 7.24. The summed E-state index contributed by atoms with van der Waals surface area (Å²) in [5.74, 6) is -0.00852. The molecular weight excluding hydrogens is 286 g/mol. The molecule has 5 heteroatoms. The van der Waals surface area contributed by atoms with E-state index in [1.165, 1.54) is 7.11 Å². The minimum Gasteiger partial charge on any atom is -0.508 e. The Hall–Kier alpha value is -1.85. The van der Waals surface area contributed by atoms with Gasteiger partial charge in [-0.1, -0.05) is 18.2 Å². The second-order valence-electron chi connectivity index (χ2n) is 4.83. The van der Waals surface area contributed by atoms with Crippen LogP contribution in [0.4, 0.5) is 0 Å². The number of ether oxygens (including phenoxy) is 1. The third-order valence-electron chi connectivity index (χ3n) is 3.31. The summed E-state index contributed by atoms with van der Waals surface area (Å²) in [7, 11) is 1.40. The minimum absolute atomic E-state index is 0.00820. The number of hydrogen-bond donors (Lipinski definition) is 2. The van der Waals surface area contributed by atoms with Gasteiger partial charge >= 0.3 is 5.97 Å². The van der Waals surface area contributed by atoms with Crippen molar-refractivity contribution in [2.24, 2.45) is 0 Å². The highest BCUT2D eigenvalue weighted by Crippen LogP contribution is 2.27. The lowest BCUT2D eigenvalue weighted by Gasteiger charge is -2.22. The first-order valence-corrected chi connectivity index (χ1v) is 7.63. The van der Waals surface area contributed by atoms with Crippen LogP contribution in [-0.2, 0) is 9.53 Å². The normalized spacial score (nSPS) is 13.6. The van der Waals surface area contributed by atoms with Crippen LogP contribution in [0.2, 0.25) is 0 Å². The van der Waals surface area contributed by atoms with Gasteiger partial charge < -0.3 is 15.2 Å². The number of phenolic OH excluding ortho intramolecular Hbond substituents is 1. The van der Waals surface area contributed by atoms with E-state index in [9.17, 15) is 9.90 Å². The number of benzene rings is 1. The van der Waals surface area contributed by atoms with Crippen LogP contribution in [0.1, 0.15) is 35.9 Å². The molecule has 0 aliphatic heterocycles. The Morgan fingerprint density at radius 2 is 2.19 bits per heavy atom. The summed E-state index contributed by atoms with van der Waals surface area (Å²) >= 11 is 1.60. The van der Waals surface area contributed by atoms with Crippen molar-refractivity contribution in [3.63, 3.8) is 0 Å². The van der Waals surface area contributed by atoms with Crippen LogP contribution in [-0.4, -0.2) is 18.2 Å². The number of carbonyl (C=O) groups is 1. The first-order chi connectivity index (χ1) is 10.1. The van der Waals surface area contributed by atoms with Crippen LogP contribution in [0.3, 0.4) is 0 Å². The van der Waals surface area contributed by atoms with Gasteiger partial charge in [0.15, 0.2) is 0 Å². The van der Waals surface area contributed by atoms with Crippen molar-refractivity contribution in [1.82, 2.24) is 5.32 Å². The van der Waals surface area contributed by atoms with Gasteiger partial charge in [-0.2, -0.15) is 0 Å². The summed E-state index contributed by atoms with van der Waals surface area (Å²) in [6, 6.07) is 11.0. The topological polar surface area (TPSA) is 58.6 Å². The van der Waals surface area contributed by atoms with Crippen LogP contribution < -0.4 is 5.32 Å². The Balaban J connectivity index is 2.12. The molecule has 0 aliphatic rings. The van der Waals surface area contributed by atoms with Crippen molar-refractivity contribution in [3.05, 3.63) is 52.2 Å². The lowest BCUT2D eigenvalue weighted by atomic mass is 10.1. The van der Waals surface area contributed by atoms with Gasteiger partial charge in [-0.05, 0) is 36.1 Å². The van der Waals surface area contributed by atoms with Gasteiger partial charge in [0.1, 0.15) is 5.75 Å². The quantitative estimate of drug-likeness (QED) is 0.803. The second-order valence-corrected chi connectivity index (χ2v) is 5.81. The number of thiophene rings is 1. The fourth-order valence-corrected chi connectivity index (χ4v) is 2.96. The first kappa shape index (κ1) is 15.5. The Labute approximate surface area is 128 Å². The van der Waals surface area contributed by atoms with Gasteiger partial charge in [-0.3, -0.25) is 4.79 Å². The Bertz CT molecular complexity index is 583. The van der Waals surface area contributed by atoms with E-state index in [1.54, 1.807) is 23.5 Å². The number of methoxy groups -OCH3 is 1. The van der Waals surface area contributed by atoms with E-state index in [0.717, 1.165) is 10.4 Å². The lowest BCUT2D eigenvalue weighted by Crippen LogP contribution is -2.26. The van der Waals surface area contributed by atoms with Gasteiger partial charge in [-0.25, -0.2) is 0 Å². The van der Waals surface area contributed by atoms with Gasteiger partial charge in [0.05, 0.1) is 19.6 Å². The first-order valence-electron chi connectivity index (χ1n) is 6.75. The number of carbonyl (C=O) groups excluding carboxylic acids is 1. The van der Waals surface area contributed by atoms with Gasteiger partial charge in [0, 0.05) is 10.9 Å². The van der Waals surface area contributed by atoms with Crippen LogP contribution in [0.5, 0.6) is 5.75 Å². The molecule has 1 aromatic carbocycles. The van der Waals surface area contributed by atoms with E-state index >= 15 is 0 Å². The van der Waals surface area contributed by atoms with E-state index in [2.05, 4.69) is 5.32 Å². The SMILES string of the molecule is COC(=O)CC(NC(C)c1cccc(O)c1)c1cccs1. The highest BCUT2D eigenvalue weighted by atomic mass is 32.1. The number of nitrogens with one attached hydrogen (secondary N) is 1. The molecule has 1 heterocycles. The van der Waals surface area contributed by atoms with Crippen molar-refractivity contribution in [2.75, 3.05) is 7.11 Å². The fraction of sp³-hybridized carbons (Fsp3) is 0.312. The molecule has 1 aromatic heterocycles. The molecule has 0 saturated carbocycles. The molecule has 0 radical (unpaired) electrons. The molecule has 2 rings (SSSR count). The molecule has 2 atom stereocenters. The molecule has 0 spiro atoms. The third-order valence-corrected chi connectivity index (χ3v) is 4.29. The molecule has 0 saturated heterocycles. The zero-order chi connectivity index (χ0) is 15.2. The molecule has 21 heavy (non-hydrogen) atoms. The zero-order valence-corrected chi connectivity index (χ0v) is 12.9. The highest BCUT2D eigenvalue weighted by Gasteiger charge is 2.20. The Morgan fingerprint density at radius 1 is 1.38 bits per heavy atom. The molecule has 2 N–H and O–H groups in total. The Morgan fingerprint density at radius 3 is 2.81 bits per heavy atom. The maximum Gasteiger partial charge on any atom is 0.307 e. The van der Waals surface area contributed by atoms with Crippen molar-refractivity contribution < 1.29 is 14.6 Å². The largest absolute Gasteiger partial charge is 0.508 e. The smallest absolute Gasteiger partial charge is 0.307 e. The van der Waals surface area contributed by atoms with Crippen molar-refractivity contribution in [2.45, 2.75) is 25.4 Å². The summed E-state index contributed by atoms with van der Waals surface area (Å²) in [6.45, 7) is 2.01. The monoisotopic (exact) mass is 305 g/mol. The van der Waals surface area contributed by atoms with E-state index in [0.29, 0.717) is 0 Å². The highest BCUT2D eigenvalue weighted by molar-refractivity contribution is 7.10. The van der Waals surface area contributed by atoms with E-state index in [1.807, 2.05) is 36.6 Å². The minimum atomic E-state index is -0.246.